The van der Waals surface area contributed by atoms with Gasteiger partial charge in [0, 0.05) is 0 Å². The molecule has 52 heavy (non-hydrogen) atoms. The van der Waals surface area contributed by atoms with Crippen molar-refractivity contribution in [3.05, 3.63) is 24.3 Å². The highest BCUT2D eigenvalue weighted by Crippen LogP contribution is 2.16. The van der Waals surface area contributed by atoms with Crippen molar-refractivity contribution < 1.29 is 20.1 Å². The second-order valence-electron chi connectivity index (χ2n) is 16.0. The molecule has 3 atom stereocenters. The van der Waals surface area contributed by atoms with Gasteiger partial charge in [-0.25, -0.2) is 0 Å². The minimum atomic E-state index is -0.925. The SMILES string of the molecule is CCCCCCCCCC/C=C/C(O)C(CO)NC(=O)CC(O)CCCCCCCCCCCCC/C=C\CCCCCCCCCCCCCC. The van der Waals surface area contributed by atoms with Crippen LogP contribution in [0.25, 0.3) is 0 Å². The van der Waals surface area contributed by atoms with Crippen molar-refractivity contribution in [2.75, 3.05) is 6.61 Å². The summed E-state index contributed by atoms with van der Waals surface area (Å²) in [4.78, 5) is 12.4. The summed E-state index contributed by atoms with van der Waals surface area (Å²) in [6.45, 7) is 4.20. The topological polar surface area (TPSA) is 89.8 Å². The van der Waals surface area contributed by atoms with Crippen LogP contribution in [0.3, 0.4) is 0 Å². The van der Waals surface area contributed by atoms with Crippen LogP contribution in [-0.4, -0.2) is 46.1 Å². The zero-order chi connectivity index (χ0) is 38.0. The van der Waals surface area contributed by atoms with Gasteiger partial charge in [0.1, 0.15) is 0 Å². The number of aliphatic hydroxyl groups excluding tert-OH is 3. The molecule has 3 unspecified atom stereocenters. The molecule has 0 aromatic heterocycles. The molecule has 0 rings (SSSR count). The predicted octanol–water partition coefficient (Wildman–Crippen LogP) is 13.4. The summed E-state index contributed by atoms with van der Waals surface area (Å²) >= 11 is 0. The average Bonchev–Trinajstić information content (AvgIpc) is 3.14. The van der Waals surface area contributed by atoms with Gasteiger partial charge >= 0.3 is 0 Å². The van der Waals surface area contributed by atoms with Gasteiger partial charge in [-0.2, -0.15) is 0 Å². The monoisotopic (exact) mass is 734 g/mol. The lowest BCUT2D eigenvalue weighted by Crippen LogP contribution is -2.45. The third kappa shape index (κ3) is 38.6. The van der Waals surface area contributed by atoms with Gasteiger partial charge in [-0.3, -0.25) is 4.79 Å². The van der Waals surface area contributed by atoms with E-state index in [9.17, 15) is 20.1 Å². The minimum Gasteiger partial charge on any atom is -0.394 e. The zero-order valence-electron chi connectivity index (χ0n) is 35.0. The van der Waals surface area contributed by atoms with Crippen LogP contribution in [0.15, 0.2) is 24.3 Å². The molecule has 0 saturated carbocycles. The lowest BCUT2D eigenvalue weighted by molar-refractivity contribution is -0.124. The molecular weight excluding hydrogens is 643 g/mol. The summed E-state index contributed by atoms with van der Waals surface area (Å²) in [7, 11) is 0. The van der Waals surface area contributed by atoms with Crippen molar-refractivity contribution in [3.8, 4) is 0 Å². The van der Waals surface area contributed by atoms with Crippen LogP contribution >= 0.6 is 0 Å². The molecular formula is C47H91NO4. The van der Waals surface area contributed by atoms with E-state index in [0.717, 1.165) is 25.7 Å². The maximum absolute atomic E-state index is 12.4. The van der Waals surface area contributed by atoms with Gasteiger partial charge in [-0.15, -0.1) is 0 Å². The summed E-state index contributed by atoms with van der Waals surface area (Å²) in [5.41, 5.74) is 0. The quantitative estimate of drug-likeness (QED) is 0.0371. The lowest BCUT2D eigenvalue weighted by Gasteiger charge is -2.21. The number of aliphatic hydroxyl groups is 3. The Morgan fingerprint density at radius 3 is 1.17 bits per heavy atom. The summed E-state index contributed by atoms with van der Waals surface area (Å²) in [6, 6.07) is -0.740. The Morgan fingerprint density at radius 1 is 0.481 bits per heavy atom. The van der Waals surface area contributed by atoms with Crippen molar-refractivity contribution in [2.24, 2.45) is 0 Å². The molecule has 0 aromatic carbocycles. The van der Waals surface area contributed by atoms with Gasteiger partial charge in [0.2, 0.25) is 5.91 Å². The molecule has 0 aliphatic rings. The number of rotatable bonds is 42. The molecule has 308 valence electrons. The molecule has 0 bridgehead atoms. The highest BCUT2D eigenvalue weighted by molar-refractivity contribution is 5.76. The van der Waals surface area contributed by atoms with Gasteiger partial charge in [-0.05, 0) is 44.9 Å². The number of allylic oxidation sites excluding steroid dienone is 3. The summed E-state index contributed by atoms with van der Waals surface area (Å²) in [5, 5.41) is 33.1. The van der Waals surface area contributed by atoms with Crippen LogP contribution in [0.2, 0.25) is 0 Å². The summed E-state index contributed by atoms with van der Waals surface area (Å²) in [5.74, 6) is -0.316. The molecule has 0 spiro atoms. The Labute approximate surface area is 324 Å². The molecule has 0 heterocycles. The van der Waals surface area contributed by atoms with Crippen LogP contribution in [0.4, 0.5) is 0 Å². The second-order valence-corrected chi connectivity index (χ2v) is 16.0. The Morgan fingerprint density at radius 2 is 0.808 bits per heavy atom. The number of hydrogen-bond acceptors (Lipinski definition) is 4. The van der Waals surface area contributed by atoms with Crippen LogP contribution in [-0.2, 0) is 4.79 Å². The smallest absolute Gasteiger partial charge is 0.222 e. The van der Waals surface area contributed by atoms with E-state index < -0.39 is 18.2 Å². The normalized spacial score (nSPS) is 13.7. The molecule has 0 fully saturated rings. The van der Waals surface area contributed by atoms with E-state index in [4.69, 9.17) is 0 Å². The molecule has 4 N–H and O–H groups in total. The van der Waals surface area contributed by atoms with Gasteiger partial charge < -0.3 is 20.6 Å². The Hall–Kier alpha value is -1.17. The van der Waals surface area contributed by atoms with E-state index in [0.29, 0.717) is 6.42 Å². The number of unbranched alkanes of at least 4 members (excludes halogenated alkanes) is 31. The molecule has 1 amide bonds. The fraction of sp³-hybridized carbons (Fsp3) is 0.894. The van der Waals surface area contributed by atoms with Crippen molar-refractivity contribution in [2.45, 2.75) is 263 Å². The first-order valence-corrected chi connectivity index (χ1v) is 23.1. The van der Waals surface area contributed by atoms with Crippen LogP contribution in [0.1, 0.15) is 245 Å². The fourth-order valence-corrected chi connectivity index (χ4v) is 7.16. The molecule has 5 nitrogen and oxygen atoms in total. The Balaban J connectivity index is 3.54. The number of carbonyl (C=O) groups is 1. The molecule has 0 saturated heterocycles. The largest absolute Gasteiger partial charge is 0.394 e. The first-order chi connectivity index (χ1) is 25.5. The first kappa shape index (κ1) is 50.8. The van der Waals surface area contributed by atoms with Gasteiger partial charge in [0.25, 0.3) is 0 Å². The van der Waals surface area contributed by atoms with Gasteiger partial charge in [0.15, 0.2) is 0 Å². The highest BCUT2D eigenvalue weighted by atomic mass is 16.3. The number of nitrogens with one attached hydrogen (secondary N) is 1. The van der Waals surface area contributed by atoms with Crippen molar-refractivity contribution in [1.82, 2.24) is 5.32 Å². The maximum atomic E-state index is 12.4. The van der Waals surface area contributed by atoms with Crippen LogP contribution < -0.4 is 5.32 Å². The van der Waals surface area contributed by atoms with E-state index in [2.05, 4.69) is 31.3 Å². The van der Waals surface area contributed by atoms with Crippen LogP contribution in [0, 0.1) is 0 Å². The Bertz CT molecular complexity index is 768. The predicted molar refractivity (Wildman–Crippen MR) is 227 cm³/mol. The van der Waals surface area contributed by atoms with Crippen molar-refractivity contribution in [3.63, 3.8) is 0 Å². The molecule has 0 aliphatic heterocycles. The third-order valence-corrected chi connectivity index (χ3v) is 10.7. The standard InChI is InChI=1S/C47H91NO4/c1-3-5-7-9-11-13-15-16-17-18-19-20-21-22-23-24-25-26-27-28-29-30-31-32-34-36-38-40-44(50)42-47(52)48-45(43-49)46(51)41-39-37-35-33-14-12-10-8-6-4-2/h22-23,39,41,44-46,49-51H,3-21,24-38,40,42-43H2,1-2H3,(H,48,52)/b23-22-,41-39+. The number of carbonyl (C=O) groups excluding carboxylic acids is 1. The number of amides is 1. The van der Waals surface area contributed by atoms with E-state index in [1.165, 1.54) is 193 Å². The second kappa shape index (κ2) is 42.6. The molecule has 0 radical (unpaired) electrons. The van der Waals surface area contributed by atoms with Gasteiger partial charge in [0.05, 0.1) is 31.3 Å². The highest BCUT2D eigenvalue weighted by Gasteiger charge is 2.20. The Kier molecular flexibility index (Phi) is 41.6. The average molecular weight is 734 g/mol. The maximum Gasteiger partial charge on any atom is 0.222 e. The fourth-order valence-electron chi connectivity index (χ4n) is 7.16. The van der Waals surface area contributed by atoms with E-state index in [1.807, 2.05) is 6.08 Å². The number of hydrogen-bond donors (Lipinski definition) is 4. The van der Waals surface area contributed by atoms with Gasteiger partial charge in [-0.1, -0.05) is 218 Å². The van der Waals surface area contributed by atoms with Crippen molar-refractivity contribution in [1.29, 1.82) is 0 Å². The van der Waals surface area contributed by atoms with E-state index in [-0.39, 0.29) is 18.9 Å². The summed E-state index contributed by atoms with van der Waals surface area (Å²) < 4.78 is 0. The first-order valence-electron chi connectivity index (χ1n) is 23.1. The minimum absolute atomic E-state index is 0.0148. The molecule has 0 aromatic rings. The lowest BCUT2D eigenvalue weighted by atomic mass is 10.0. The van der Waals surface area contributed by atoms with E-state index >= 15 is 0 Å². The summed E-state index contributed by atoms with van der Waals surface area (Å²) in [6.07, 6.45) is 52.0. The zero-order valence-corrected chi connectivity index (χ0v) is 35.0. The van der Waals surface area contributed by atoms with Crippen molar-refractivity contribution >= 4 is 5.91 Å². The van der Waals surface area contributed by atoms with Crippen LogP contribution in [0.5, 0.6) is 0 Å². The molecule has 0 aliphatic carbocycles. The molecule has 5 heteroatoms. The van der Waals surface area contributed by atoms with E-state index in [1.54, 1.807) is 6.08 Å². The third-order valence-electron chi connectivity index (χ3n) is 10.7.